The zero-order valence-corrected chi connectivity index (χ0v) is 13.8. The lowest BCUT2D eigenvalue weighted by atomic mass is 9.87. The molecular formula is C18H26N2S. The summed E-state index contributed by atoms with van der Waals surface area (Å²) in [7, 11) is 2.16. The first-order valence-electron chi connectivity index (χ1n) is 8.37. The molecule has 0 spiro atoms. The fourth-order valence-electron chi connectivity index (χ4n) is 3.80. The summed E-state index contributed by atoms with van der Waals surface area (Å²) in [5, 5.41) is 4.54. The van der Waals surface area contributed by atoms with Crippen LogP contribution in [0.3, 0.4) is 0 Å². The molecule has 1 fully saturated rings. The molecule has 1 saturated carbocycles. The van der Waals surface area contributed by atoms with Gasteiger partial charge in [0.05, 0.1) is 6.04 Å². The summed E-state index contributed by atoms with van der Waals surface area (Å²) in [5.41, 5.74) is 2.97. The summed E-state index contributed by atoms with van der Waals surface area (Å²) in [6.45, 7) is 0. The second kappa shape index (κ2) is 6.78. The highest BCUT2D eigenvalue weighted by Crippen LogP contribution is 2.33. The summed E-state index contributed by atoms with van der Waals surface area (Å²) >= 11 is 5.68. The van der Waals surface area contributed by atoms with E-state index in [0.717, 1.165) is 5.11 Å². The standard InChI is InChI=1S/C18H26N2S/c1-20(18(21)19-15-10-3-2-4-11-15)17-13-7-9-14-8-5-6-12-16(14)17/h5-6,8,12,15,17H,2-4,7,9-11,13H2,1H3,(H,19,21)/t17-/m1/s1. The van der Waals surface area contributed by atoms with Gasteiger partial charge in [0.1, 0.15) is 0 Å². The van der Waals surface area contributed by atoms with Gasteiger partial charge in [-0.3, -0.25) is 0 Å². The number of aryl methyl sites for hydroxylation is 1. The number of thiocarbonyl (C=S) groups is 1. The van der Waals surface area contributed by atoms with E-state index in [1.54, 1.807) is 0 Å². The SMILES string of the molecule is CN(C(=S)NC1CCCCC1)[C@@H]1CCCc2ccccc21. The molecule has 1 N–H and O–H groups in total. The van der Waals surface area contributed by atoms with Gasteiger partial charge < -0.3 is 10.2 Å². The summed E-state index contributed by atoms with van der Waals surface area (Å²) in [6, 6.07) is 9.89. The van der Waals surface area contributed by atoms with Gasteiger partial charge in [0.15, 0.2) is 5.11 Å². The number of hydrogen-bond acceptors (Lipinski definition) is 1. The van der Waals surface area contributed by atoms with Crippen molar-refractivity contribution < 1.29 is 0 Å². The zero-order valence-electron chi connectivity index (χ0n) is 13.0. The van der Waals surface area contributed by atoms with E-state index in [1.807, 2.05) is 0 Å². The van der Waals surface area contributed by atoms with Crippen molar-refractivity contribution in [3.05, 3.63) is 35.4 Å². The number of rotatable bonds is 2. The van der Waals surface area contributed by atoms with E-state index in [2.05, 4.69) is 41.5 Å². The monoisotopic (exact) mass is 302 g/mol. The fourth-order valence-corrected chi connectivity index (χ4v) is 4.09. The molecular weight excluding hydrogens is 276 g/mol. The van der Waals surface area contributed by atoms with Gasteiger partial charge in [-0.1, -0.05) is 43.5 Å². The Morgan fingerprint density at radius 3 is 2.67 bits per heavy atom. The average Bonchev–Trinajstić information content (AvgIpc) is 2.54. The lowest BCUT2D eigenvalue weighted by Crippen LogP contribution is -2.45. The number of hydrogen-bond donors (Lipinski definition) is 1. The van der Waals surface area contributed by atoms with Crippen LogP contribution in [0.1, 0.15) is 62.1 Å². The molecule has 1 aromatic rings. The third-order valence-corrected chi connectivity index (χ3v) is 5.46. The second-order valence-corrected chi connectivity index (χ2v) is 6.89. The Labute approximate surface area is 133 Å². The molecule has 0 saturated heterocycles. The van der Waals surface area contributed by atoms with Crippen LogP contribution in [-0.2, 0) is 6.42 Å². The van der Waals surface area contributed by atoms with Crippen molar-refractivity contribution in [1.29, 1.82) is 0 Å². The van der Waals surface area contributed by atoms with Crippen molar-refractivity contribution in [2.75, 3.05) is 7.05 Å². The van der Waals surface area contributed by atoms with Crippen molar-refractivity contribution in [3.8, 4) is 0 Å². The fraction of sp³-hybridized carbons (Fsp3) is 0.611. The van der Waals surface area contributed by atoms with Crippen molar-refractivity contribution in [2.45, 2.75) is 63.5 Å². The Morgan fingerprint density at radius 1 is 1.10 bits per heavy atom. The van der Waals surface area contributed by atoms with Crippen LogP contribution in [-0.4, -0.2) is 23.1 Å². The van der Waals surface area contributed by atoms with Crippen LogP contribution in [0.15, 0.2) is 24.3 Å². The maximum absolute atomic E-state index is 5.68. The Kier molecular flexibility index (Phi) is 4.79. The van der Waals surface area contributed by atoms with E-state index in [-0.39, 0.29) is 0 Å². The topological polar surface area (TPSA) is 15.3 Å². The molecule has 1 atom stereocenters. The number of nitrogens with zero attached hydrogens (tertiary/aromatic N) is 1. The lowest BCUT2D eigenvalue weighted by molar-refractivity contribution is 0.316. The molecule has 0 amide bonds. The van der Waals surface area contributed by atoms with Gasteiger partial charge in [-0.05, 0) is 55.4 Å². The minimum Gasteiger partial charge on any atom is -0.360 e. The highest BCUT2D eigenvalue weighted by atomic mass is 32.1. The first kappa shape index (κ1) is 14.8. The molecule has 1 aromatic carbocycles. The molecule has 3 rings (SSSR count). The average molecular weight is 302 g/mol. The Hall–Kier alpha value is -1.09. The molecule has 2 aliphatic rings. The van der Waals surface area contributed by atoms with Gasteiger partial charge in [0, 0.05) is 13.1 Å². The zero-order chi connectivity index (χ0) is 14.7. The van der Waals surface area contributed by atoms with Crippen LogP contribution in [0.2, 0.25) is 0 Å². The van der Waals surface area contributed by atoms with Crippen LogP contribution in [0.5, 0.6) is 0 Å². The molecule has 0 unspecified atom stereocenters. The molecule has 0 aromatic heterocycles. The Bertz CT molecular complexity index is 494. The van der Waals surface area contributed by atoms with Crippen molar-refractivity contribution >= 4 is 17.3 Å². The Morgan fingerprint density at radius 2 is 1.86 bits per heavy atom. The predicted molar refractivity (Wildman–Crippen MR) is 92.5 cm³/mol. The molecule has 114 valence electrons. The van der Waals surface area contributed by atoms with Gasteiger partial charge in [0.25, 0.3) is 0 Å². The minimum atomic E-state index is 0.443. The van der Waals surface area contributed by atoms with Gasteiger partial charge in [-0.2, -0.15) is 0 Å². The lowest BCUT2D eigenvalue weighted by Gasteiger charge is -2.36. The minimum absolute atomic E-state index is 0.443. The molecule has 21 heavy (non-hydrogen) atoms. The highest BCUT2D eigenvalue weighted by Gasteiger charge is 2.26. The quantitative estimate of drug-likeness (QED) is 0.824. The van der Waals surface area contributed by atoms with E-state index in [4.69, 9.17) is 12.2 Å². The van der Waals surface area contributed by atoms with E-state index in [9.17, 15) is 0 Å². The normalized spacial score (nSPS) is 22.4. The van der Waals surface area contributed by atoms with E-state index < -0.39 is 0 Å². The van der Waals surface area contributed by atoms with Gasteiger partial charge in [-0.25, -0.2) is 0 Å². The summed E-state index contributed by atoms with van der Waals surface area (Å²) in [6.07, 6.45) is 10.3. The molecule has 3 heteroatoms. The van der Waals surface area contributed by atoms with E-state index in [0.29, 0.717) is 12.1 Å². The molecule has 2 aliphatic carbocycles. The van der Waals surface area contributed by atoms with Crippen LogP contribution >= 0.6 is 12.2 Å². The molecule has 0 aliphatic heterocycles. The largest absolute Gasteiger partial charge is 0.360 e. The maximum atomic E-state index is 5.68. The molecule has 0 radical (unpaired) electrons. The van der Waals surface area contributed by atoms with Crippen LogP contribution in [0.4, 0.5) is 0 Å². The molecule has 0 heterocycles. The highest BCUT2D eigenvalue weighted by molar-refractivity contribution is 7.80. The predicted octanol–water partition coefficient (Wildman–Crippen LogP) is 4.20. The molecule has 2 nitrogen and oxygen atoms in total. The van der Waals surface area contributed by atoms with Crippen LogP contribution in [0, 0.1) is 0 Å². The van der Waals surface area contributed by atoms with E-state index >= 15 is 0 Å². The number of nitrogens with one attached hydrogen (secondary N) is 1. The number of benzene rings is 1. The van der Waals surface area contributed by atoms with Crippen molar-refractivity contribution in [1.82, 2.24) is 10.2 Å². The van der Waals surface area contributed by atoms with Crippen molar-refractivity contribution in [3.63, 3.8) is 0 Å². The molecule has 0 bridgehead atoms. The number of fused-ring (bicyclic) bond motifs is 1. The summed E-state index contributed by atoms with van der Waals surface area (Å²) in [5.74, 6) is 0. The first-order chi connectivity index (χ1) is 10.3. The van der Waals surface area contributed by atoms with Crippen LogP contribution in [0.25, 0.3) is 0 Å². The second-order valence-electron chi connectivity index (χ2n) is 6.50. The Balaban J connectivity index is 1.67. The van der Waals surface area contributed by atoms with Gasteiger partial charge in [0.2, 0.25) is 0 Å². The van der Waals surface area contributed by atoms with Gasteiger partial charge in [-0.15, -0.1) is 0 Å². The summed E-state index contributed by atoms with van der Waals surface area (Å²) < 4.78 is 0. The third kappa shape index (κ3) is 3.39. The van der Waals surface area contributed by atoms with E-state index in [1.165, 1.54) is 62.5 Å². The van der Waals surface area contributed by atoms with Crippen LogP contribution < -0.4 is 5.32 Å². The third-order valence-electron chi connectivity index (χ3n) is 5.06. The maximum Gasteiger partial charge on any atom is 0.169 e. The summed E-state index contributed by atoms with van der Waals surface area (Å²) in [4.78, 5) is 2.29. The smallest absolute Gasteiger partial charge is 0.169 e. The van der Waals surface area contributed by atoms with Crippen molar-refractivity contribution in [2.24, 2.45) is 0 Å². The first-order valence-corrected chi connectivity index (χ1v) is 8.77. The van der Waals surface area contributed by atoms with Gasteiger partial charge >= 0.3 is 0 Å².